The molecule has 2 atom stereocenters. The Balaban J connectivity index is 2.15. The molecule has 1 aliphatic carbocycles. The second-order valence-electron chi connectivity index (χ2n) is 5.88. The van der Waals surface area contributed by atoms with Crippen molar-refractivity contribution < 1.29 is 14.7 Å². The summed E-state index contributed by atoms with van der Waals surface area (Å²) in [5.74, 6) is -1.28. The van der Waals surface area contributed by atoms with E-state index in [-0.39, 0.29) is 11.8 Å². The number of nitrogen functional groups attached to an aromatic ring is 1. The molecule has 1 aliphatic rings. The van der Waals surface area contributed by atoms with Gasteiger partial charge >= 0.3 is 5.97 Å². The molecule has 0 saturated heterocycles. The van der Waals surface area contributed by atoms with Crippen LogP contribution >= 0.6 is 0 Å². The lowest BCUT2D eigenvalue weighted by atomic mass is 9.92. The third-order valence-electron chi connectivity index (χ3n) is 4.41. The number of hydrogen-bond donors (Lipinski definition) is 3. The zero-order valence-corrected chi connectivity index (χ0v) is 12.4. The maximum absolute atomic E-state index is 12.5. The number of aliphatic carboxylic acids is 1. The predicted molar refractivity (Wildman–Crippen MR) is 80.8 cm³/mol. The van der Waals surface area contributed by atoms with Crippen LogP contribution in [0.4, 0.5) is 5.69 Å². The third kappa shape index (κ3) is 3.01. The Morgan fingerprint density at radius 2 is 1.90 bits per heavy atom. The number of anilines is 1. The summed E-state index contributed by atoms with van der Waals surface area (Å²) in [5.41, 5.74) is 6.65. The van der Waals surface area contributed by atoms with Gasteiger partial charge in [0.05, 0.1) is 5.41 Å². The Kier molecular flexibility index (Phi) is 4.21. The smallest absolute Gasteiger partial charge is 0.326 e. The molecule has 2 rings (SSSR count). The van der Waals surface area contributed by atoms with Gasteiger partial charge in [0.1, 0.15) is 6.04 Å². The molecule has 1 saturated carbocycles. The number of amides is 1. The molecule has 5 nitrogen and oxygen atoms in total. The standard InChI is InChI=1S/C16H22N2O3/c1-3-10(2)13(14(19)20)18-15(21)16(8-9-16)11-4-6-12(17)7-5-11/h4-7,10,13H,3,8-9,17H2,1-2H3,(H,18,21)(H,19,20). The van der Waals surface area contributed by atoms with Crippen LogP contribution < -0.4 is 11.1 Å². The van der Waals surface area contributed by atoms with E-state index in [9.17, 15) is 14.7 Å². The van der Waals surface area contributed by atoms with Crippen LogP contribution in [0.5, 0.6) is 0 Å². The SMILES string of the molecule is CCC(C)C(NC(=O)C1(c2ccc(N)cc2)CC1)C(=O)O. The predicted octanol–water partition coefficient (Wildman–Crippen LogP) is 1.92. The van der Waals surface area contributed by atoms with Crippen LogP contribution in [0.2, 0.25) is 0 Å². The first-order valence-electron chi connectivity index (χ1n) is 7.30. The van der Waals surface area contributed by atoms with E-state index in [0.717, 1.165) is 18.4 Å². The Bertz CT molecular complexity index is 535. The molecular formula is C16H22N2O3. The van der Waals surface area contributed by atoms with E-state index in [1.165, 1.54) is 0 Å². The van der Waals surface area contributed by atoms with Crippen LogP contribution in [0.25, 0.3) is 0 Å². The average Bonchev–Trinajstić information content (AvgIpc) is 3.25. The molecule has 0 heterocycles. The van der Waals surface area contributed by atoms with Crippen molar-refractivity contribution in [2.75, 3.05) is 5.73 Å². The summed E-state index contributed by atoms with van der Waals surface area (Å²) in [6.07, 6.45) is 2.19. The Hall–Kier alpha value is -2.04. The Morgan fingerprint density at radius 3 is 2.33 bits per heavy atom. The molecule has 0 aromatic heterocycles. The van der Waals surface area contributed by atoms with Crippen molar-refractivity contribution in [3.05, 3.63) is 29.8 Å². The second kappa shape index (κ2) is 5.76. The summed E-state index contributed by atoms with van der Waals surface area (Å²) in [7, 11) is 0. The minimum atomic E-state index is -0.981. The number of carbonyl (C=O) groups is 2. The van der Waals surface area contributed by atoms with Gasteiger partial charge in [0.15, 0.2) is 0 Å². The van der Waals surface area contributed by atoms with Gasteiger partial charge < -0.3 is 16.2 Å². The Labute approximate surface area is 124 Å². The van der Waals surface area contributed by atoms with E-state index >= 15 is 0 Å². The number of carboxylic acids is 1. The summed E-state index contributed by atoms with van der Waals surface area (Å²) in [6.45, 7) is 3.75. The van der Waals surface area contributed by atoms with Gasteiger partial charge in [-0.25, -0.2) is 4.79 Å². The first-order chi connectivity index (χ1) is 9.90. The highest BCUT2D eigenvalue weighted by atomic mass is 16.4. The van der Waals surface area contributed by atoms with Gasteiger partial charge in [-0.3, -0.25) is 4.79 Å². The Morgan fingerprint density at radius 1 is 1.33 bits per heavy atom. The fraction of sp³-hybridized carbons (Fsp3) is 0.500. The van der Waals surface area contributed by atoms with Crippen LogP contribution in [-0.2, 0) is 15.0 Å². The normalized spacial score (nSPS) is 18.6. The lowest BCUT2D eigenvalue weighted by Crippen LogP contribution is -2.48. The molecule has 0 radical (unpaired) electrons. The molecule has 4 N–H and O–H groups in total. The molecule has 0 bridgehead atoms. The maximum atomic E-state index is 12.5. The van der Waals surface area contributed by atoms with Crippen LogP contribution in [-0.4, -0.2) is 23.0 Å². The summed E-state index contributed by atoms with van der Waals surface area (Å²) in [5, 5.41) is 12.0. The van der Waals surface area contributed by atoms with Gasteiger partial charge in [0.2, 0.25) is 5.91 Å². The molecule has 0 aliphatic heterocycles. The lowest BCUT2D eigenvalue weighted by Gasteiger charge is -2.23. The summed E-state index contributed by atoms with van der Waals surface area (Å²) >= 11 is 0. The minimum absolute atomic E-state index is 0.103. The highest BCUT2D eigenvalue weighted by molar-refractivity contribution is 5.94. The summed E-state index contributed by atoms with van der Waals surface area (Å²) < 4.78 is 0. The van der Waals surface area contributed by atoms with Gasteiger partial charge in [0.25, 0.3) is 0 Å². The monoisotopic (exact) mass is 290 g/mol. The van der Waals surface area contributed by atoms with Crippen molar-refractivity contribution in [3.63, 3.8) is 0 Å². The number of nitrogens with one attached hydrogen (secondary N) is 1. The number of nitrogens with two attached hydrogens (primary N) is 1. The van der Waals surface area contributed by atoms with Crippen molar-refractivity contribution in [2.45, 2.75) is 44.6 Å². The highest BCUT2D eigenvalue weighted by Gasteiger charge is 2.52. The largest absolute Gasteiger partial charge is 0.480 e. The fourth-order valence-corrected chi connectivity index (χ4v) is 2.54. The highest BCUT2D eigenvalue weighted by Crippen LogP contribution is 2.48. The van der Waals surface area contributed by atoms with Crippen LogP contribution in [0.1, 0.15) is 38.7 Å². The molecule has 1 amide bonds. The molecule has 1 fully saturated rings. The van der Waals surface area contributed by atoms with Crippen LogP contribution in [0, 0.1) is 5.92 Å². The van der Waals surface area contributed by atoms with E-state index in [4.69, 9.17) is 5.73 Å². The average molecular weight is 290 g/mol. The van der Waals surface area contributed by atoms with Gasteiger partial charge in [-0.05, 0) is 36.5 Å². The van der Waals surface area contributed by atoms with Crippen molar-refractivity contribution in [2.24, 2.45) is 5.92 Å². The van der Waals surface area contributed by atoms with E-state index in [1.54, 1.807) is 12.1 Å². The van der Waals surface area contributed by atoms with E-state index in [0.29, 0.717) is 12.1 Å². The number of benzene rings is 1. The third-order valence-corrected chi connectivity index (χ3v) is 4.41. The topological polar surface area (TPSA) is 92.4 Å². The summed E-state index contributed by atoms with van der Waals surface area (Å²) in [4.78, 5) is 23.9. The van der Waals surface area contributed by atoms with Crippen molar-refractivity contribution in [1.29, 1.82) is 0 Å². The fourth-order valence-electron chi connectivity index (χ4n) is 2.54. The minimum Gasteiger partial charge on any atom is -0.480 e. The molecule has 21 heavy (non-hydrogen) atoms. The molecule has 114 valence electrons. The first kappa shape index (κ1) is 15.4. The van der Waals surface area contributed by atoms with Gasteiger partial charge in [-0.1, -0.05) is 32.4 Å². The van der Waals surface area contributed by atoms with Crippen molar-refractivity contribution in [1.82, 2.24) is 5.32 Å². The molecule has 1 aromatic rings. The van der Waals surface area contributed by atoms with Crippen LogP contribution in [0.3, 0.4) is 0 Å². The first-order valence-corrected chi connectivity index (χ1v) is 7.30. The van der Waals surface area contributed by atoms with Crippen molar-refractivity contribution in [3.8, 4) is 0 Å². The van der Waals surface area contributed by atoms with E-state index < -0.39 is 17.4 Å². The molecule has 2 unspecified atom stereocenters. The quantitative estimate of drug-likeness (QED) is 0.698. The van der Waals surface area contributed by atoms with Crippen LogP contribution in [0.15, 0.2) is 24.3 Å². The van der Waals surface area contributed by atoms with E-state index in [2.05, 4.69) is 5.32 Å². The molecule has 1 aromatic carbocycles. The van der Waals surface area contributed by atoms with Gasteiger partial charge in [-0.15, -0.1) is 0 Å². The number of hydrogen-bond acceptors (Lipinski definition) is 3. The van der Waals surface area contributed by atoms with E-state index in [1.807, 2.05) is 26.0 Å². The second-order valence-corrected chi connectivity index (χ2v) is 5.88. The number of carboxylic acid groups (broad SMARTS) is 1. The summed E-state index contributed by atoms with van der Waals surface area (Å²) in [6, 6.07) is 6.40. The van der Waals surface area contributed by atoms with Gasteiger partial charge in [-0.2, -0.15) is 0 Å². The van der Waals surface area contributed by atoms with Gasteiger partial charge in [0, 0.05) is 5.69 Å². The molecule has 5 heteroatoms. The molecule has 0 spiro atoms. The van der Waals surface area contributed by atoms with Crippen molar-refractivity contribution >= 4 is 17.6 Å². The molecular weight excluding hydrogens is 268 g/mol. The number of carbonyl (C=O) groups excluding carboxylic acids is 1. The zero-order chi connectivity index (χ0) is 15.6. The number of rotatable bonds is 6. The zero-order valence-electron chi connectivity index (χ0n) is 12.4. The maximum Gasteiger partial charge on any atom is 0.326 e. The lowest BCUT2D eigenvalue weighted by molar-refractivity contribution is -0.143.